The molecule has 0 bridgehead atoms. The smallest absolute Gasteiger partial charge is 0.349 e. The number of phenols is 1. The third kappa shape index (κ3) is 16.3. The molecule has 0 radical (unpaired) electrons. The van der Waals surface area contributed by atoms with Crippen LogP contribution in [0.25, 0.3) is 0 Å². The van der Waals surface area contributed by atoms with E-state index in [-0.39, 0.29) is 24.5 Å². The summed E-state index contributed by atoms with van der Waals surface area (Å²) in [6, 6.07) is 12.4. The van der Waals surface area contributed by atoms with E-state index in [1.54, 1.807) is 43.5 Å². The topological polar surface area (TPSA) is 187 Å². The first-order valence-electron chi connectivity index (χ1n) is 12.3. The first-order valence-corrected chi connectivity index (χ1v) is 12.3. The molecule has 0 aliphatic carbocycles. The molecule has 43 heavy (non-hydrogen) atoms. The van der Waals surface area contributed by atoms with Crippen LogP contribution in [0.2, 0.25) is 0 Å². The molecule has 0 fully saturated rings. The summed E-state index contributed by atoms with van der Waals surface area (Å²) < 4.78 is 32.8. The van der Waals surface area contributed by atoms with Gasteiger partial charge in [0.2, 0.25) is 0 Å². The van der Waals surface area contributed by atoms with Crippen LogP contribution in [-0.2, 0) is 47.7 Å². The second-order valence-electron chi connectivity index (χ2n) is 7.68. The molecule has 0 aliphatic heterocycles. The van der Waals surface area contributed by atoms with Crippen LogP contribution >= 0.6 is 0 Å². The molecule has 0 atom stereocenters. The lowest BCUT2D eigenvalue weighted by atomic mass is 10.3. The maximum atomic E-state index is 11.6. The van der Waals surface area contributed by atoms with E-state index in [1.165, 1.54) is 19.2 Å². The molecule has 0 aliphatic rings. The Morgan fingerprint density at radius 3 is 1.74 bits per heavy atom. The first kappa shape index (κ1) is 35.4. The Hall–Kier alpha value is -5.66. The van der Waals surface area contributed by atoms with Gasteiger partial charge in [0.15, 0.2) is 18.1 Å². The van der Waals surface area contributed by atoms with Crippen molar-refractivity contribution in [2.45, 2.75) is 12.8 Å². The van der Waals surface area contributed by atoms with Crippen molar-refractivity contribution in [3.8, 4) is 23.0 Å². The van der Waals surface area contributed by atoms with E-state index >= 15 is 0 Å². The first-order chi connectivity index (χ1) is 20.6. The van der Waals surface area contributed by atoms with E-state index in [4.69, 9.17) is 18.9 Å². The summed E-state index contributed by atoms with van der Waals surface area (Å²) in [6.07, 6.45) is 4.00. The number of hydrogen-bond acceptors (Lipinski definition) is 14. The fourth-order valence-corrected chi connectivity index (χ4v) is 2.55. The molecular weight excluding hydrogens is 572 g/mol. The number of phenolic OH excluding ortho intramolecular Hbond substituents is 1. The van der Waals surface area contributed by atoms with Crippen molar-refractivity contribution in [2.24, 2.45) is 0 Å². The van der Waals surface area contributed by atoms with Crippen LogP contribution in [0.15, 0.2) is 72.8 Å². The number of ether oxygens (including phenoxy) is 7. The fourth-order valence-electron chi connectivity index (χ4n) is 2.55. The molecule has 2 rings (SSSR count). The average Bonchev–Trinajstić information content (AvgIpc) is 3.01. The summed E-state index contributed by atoms with van der Waals surface area (Å²) in [5, 5.41) is 9.36. The summed E-state index contributed by atoms with van der Waals surface area (Å²) in [5.41, 5.74) is 0. The summed E-state index contributed by atoms with van der Waals surface area (Å²) in [4.78, 5) is 66.7. The van der Waals surface area contributed by atoms with Crippen LogP contribution in [0, 0.1) is 0 Å². The van der Waals surface area contributed by atoms with Gasteiger partial charge in [0, 0.05) is 30.7 Å². The molecule has 1 N–H and O–H groups in total. The van der Waals surface area contributed by atoms with E-state index in [0.717, 1.165) is 31.4 Å². The number of hydrogen-bond donors (Lipinski definition) is 1. The van der Waals surface area contributed by atoms with Crippen molar-refractivity contribution in [1.29, 1.82) is 0 Å². The Labute approximate surface area is 246 Å². The van der Waals surface area contributed by atoms with Gasteiger partial charge in [-0.3, -0.25) is 4.79 Å². The summed E-state index contributed by atoms with van der Waals surface area (Å²) in [6.45, 7) is -0.610. The van der Waals surface area contributed by atoms with Crippen molar-refractivity contribution in [1.82, 2.24) is 0 Å². The quantitative estimate of drug-likeness (QED) is 0.116. The molecular formula is C29H30O14. The van der Waals surface area contributed by atoms with Crippen molar-refractivity contribution in [3.05, 3.63) is 72.8 Å². The van der Waals surface area contributed by atoms with Gasteiger partial charge < -0.3 is 38.3 Å². The molecule has 14 heteroatoms. The Morgan fingerprint density at radius 1 is 0.651 bits per heavy atom. The summed E-state index contributed by atoms with van der Waals surface area (Å²) in [5.74, 6) is -3.43. The molecule has 0 amide bonds. The number of esters is 6. The lowest BCUT2D eigenvalue weighted by Crippen LogP contribution is -2.18. The molecule has 0 saturated heterocycles. The van der Waals surface area contributed by atoms with E-state index in [2.05, 4.69) is 14.2 Å². The van der Waals surface area contributed by atoms with Crippen LogP contribution in [0.3, 0.4) is 0 Å². The Morgan fingerprint density at radius 2 is 1.19 bits per heavy atom. The minimum atomic E-state index is -0.898. The highest BCUT2D eigenvalue weighted by Crippen LogP contribution is 2.24. The molecule has 0 unspecified atom stereocenters. The molecule has 0 saturated carbocycles. The lowest BCUT2D eigenvalue weighted by Gasteiger charge is -2.05. The standard InChI is InChI=1S/C16H18O7.C13H12O7/c1-20-12-5-7-13(8-6-12)23-16(19)4-3-11-22-15(18)10-9-14(17)21-2;1-18-11(15)6-7-12(16)19-8-13(17)20-10-5-3-2-4-9(10)14/h5-10H,3-4,11H2,1-2H3;2-7,14H,8H2,1H3/b10-9-;7-6-. The van der Waals surface area contributed by atoms with Crippen molar-refractivity contribution in [3.63, 3.8) is 0 Å². The molecule has 14 nitrogen and oxygen atoms in total. The van der Waals surface area contributed by atoms with Gasteiger partial charge >= 0.3 is 35.8 Å². The second kappa shape index (κ2) is 20.3. The van der Waals surface area contributed by atoms with Gasteiger partial charge in [-0.25, -0.2) is 24.0 Å². The number of benzene rings is 2. The van der Waals surface area contributed by atoms with Crippen molar-refractivity contribution < 1.29 is 67.0 Å². The van der Waals surface area contributed by atoms with Gasteiger partial charge in [-0.15, -0.1) is 0 Å². The highest BCUT2D eigenvalue weighted by molar-refractivity contribution is 5.92. The van der Waals surface area contributed by atoms with Crippen LogP contribution < -0.4 is 14.2 Å². The van der Waals surface area contributed by atoms with E-state index in [9.17, 15) is 33.9 Å². The maximum absolute atomic E-state index is 11.6. The van der Waals surface area contributed by atoms with E-state index in [0.29, 0.717) is 17.9 Å². The Kier molecular flexibility index (Phi) is 16.7. The van der Waals surface area contributed by atoms with Gasteiger partial charge in [0.05, 0.1) is 27.9 Å². The van der Waals surface area contributed by atoms with E-state index in [1.807, 2.05) is 0 Å². The molecule has 230 valence electrons. The van der Waals surface area contributed by atoms with Crippen LogP contribution in [-0.4, -0.2) is 75.5 Å². The second-order valence-corrected chi connectivity index (χ2v) is 7.68. The predicted octanol–water partition coefficient (Wildman–Crippen LogP) is 2.22. The lowest BCUT2D eigenvalue weighted by molar-refractivity contribution is -0.150. The number of para-hydroxylation sites is 2. The predicted molar refractivity (Wildman–Crippen MR) is 146 cm³/mol. The zero-order valence-corrected chi connectivity index (χ0v) is 23.5. The number of rotatable bonds is 13. The van der Waals surface area contributed by atoms with Crippen molar-refractivity contribution >= 4 is 35.8 Å². The van der Waals surface area contributed by atoms with Crippen LogP contribution in [0.1, 0.15) is 12.8 Å². The largest absolute Gasteiger partial charge is 0.504 e. The van der Waals surface area contributed by atoms with Crippen LogP contribution in [0.4, 0.5) is 0 Å². The minimum absolute atomic E-state index is 0.0429. The SMILES string of the molecule is COC(=O)/C=C\C(=O)OCC(=O)Oc1ccccc1O.COC(=O)/C=C\C(=O)OCCCC(=O)Oc1ccc(OC)cc1. The maximum Gasteiger partial charge on any atom is 0.349 e. The highest BCUT2D eigenvalue weighted by atomic mass is 16.6. The highest BCUT2D eigenvalue weighted by Gasteiger charge is 2.11. The molecule has 0 heterocycles. The van der Waals surface area contributed by atoms with E-state index < -0.39 is 42.4 Å². The normalized spacial score (nSPS) is 10.1. The summed E-state index contributed by atoms with van der Waals surface area (Å²) in [7, 11) is 3.90. The molecule has 2 aromatic rings. The van der Waals surface area contributed by atoms with Crippen LogP contribution in [0.5, 0.6) is 23.0 Å². The Bertz CT molecular complexity index is 1290. The number of aromatic hydroxyl groups is 1. The average molecular weight is 603 g/mol. The summed E-state index contributed by atoms with van der Waals surface area (Å²) >= 11 is 0. The Balaban J connectivity index is 0.000000434. The number of carbonyl (C=O) groups excluding carboxylic acids is 6. The molecule has 0 aromatic heterocycles. The minimum Gasteiger partial charge on any atom is -0.504 e. The van der Waals surface area contributed by atoms with Crippen molar-refractivity contribution in [2.75, 3.05) is 34.5 Å². The fraction of sp³-hybridized carbons (Fsp3) is 0.241. The zero-order chi connectivity index (χ0) is 32.0. The van der Waals surface area contributed by atoms with Gasteiger partial charge in [-0.1, -0.05) is 12.1 Å². The molecule has 0 spiro atoms. The van der Waals surface area contributed by atoms with Gasteiger partial charge in [0.25, 0.3) is 0 Å². The third-order valence-corrected chi connectivity index (χ3v) is 4.60. The van der Waals surface area contributed by atoms with Gasteiger partial charge in [-0.2, -0.15) is 0 Å². The zero-order valence-electron chi connectivity index (χ0n) is 23.5. The van der Waals surface area contributed by atoms with Gasteiger partial charge in [0.1, 0.15) is 11.5 Å². The number of carbonyl (C=O) groups is 6. The van der Waals surface area contributed by atoms with Gasteiger partial charge in [-0.05, 0) is 42.8 Å². The third-order valence-electron chi connectivity index (χ3n) is 4.60. The molecule has 2 aromatic carbocycles. The monoisotopic (exact) mass is 602 g/mol. The number of methoxy groups -OCH3 is 3.